The minimum Gasteiger partial charge on any atom is -0.394 e. The summed E-state index contributed by atoms with van der Waals surface area (Å²) in [7, 11) is 0. The predicted octanol–water partition coefficient (Wildman–Crippen LogP) is 2.94. The number of nitrogens with zero attached hydrogens (tertiary/aromatic N) is 2. The minimum absolute atomic E-state index is 0.0119. The molecule has 2 aliphatic rings. The van der Waals surface area contributed by atoms with E-state index in [4.69, 9.17) is 0 Å². The van der Waals surface area contributed by atoms with E-state index in [-0.39, 0.29) is 24.0 Å². The molecule has 24 heavy (non-hydrogen) atoms. The van der Waals surface area contributed by atoms with E-state index in [0.29, 0.717) is 19.6 Å². The summed E-state index contributed by atoms with van der Waals surface area (Å²) in [6.45, 7) is 1.72. The van der Waals surface area contributed by atoms with Crippen molar-refractivity contribution in [1.29, 1.82) is 0 Å². The van der Waals surface area contributed by atoms with E-state index in [9.17, 15) is 18.7 Å². The average molecular weight is 339 g/mol. The molecule has 2 N–H and O–H groups in total. The molecule has 0 saturated carbocycles. The van der Waals surface area contributed by atoms with Gasteiger partial charge in [-0.2, -0.15) is 0 Å². The van der Waals surface area contributed by atoms with E-state index in [2.05, 4.69) is 5.32 Å². The molecule has 5 nitrogen and oxygen atoms in total. The van der Waals surface area contributed by atoms with Gasteiger partial charge in [0.25, 0.3) is 0 Å². The highest BCUT2D eigenvalue weighted by atomic mass is 19.1. The van der Waals surface area contributed by atoms with Crippen molar-refractivity contribution in [3.05, 3.63) is 23.8 Å². The number of aliphatic hydroxyl groups is 1. The number of amides is 2. The predicted molar refractivity (Wildman–Crippen MR) is 88.3 cm³/mol. The van der Waals surface area contributed by atoms with Gasteiger partial charge in [0.15, 0.2) is 11.6 Å². The van der Waals surface area contributed by atoms with Crippen molar-refractivity contribution in [2.45, 2.75) is 38.1 Å². The summed E-state index contributed by atoms with van der Waals surface area (Å²) in [6.07, 6.45) is 4.48. The van der Waals surface area contributed by atoms with Crippen LogP contribution in [0.15, 0.2) is 12.1 Å². The highest BCUT2D eigenvalue weighted by Crippen LogP contribution is 2.29. The third-order valence-electron chi connectivity index (χ3n) is 4.79. The number of benzene rings is 1. The van der Waals surface area contributed by atoms with Crippen LogP contribution in [0.25, 0.3) is 0 Å². The number of carbonyl (C=O) groups is 1. The van der Waals surface area contributed by atoms with Crippen molar-refractivity contribution < 1.29 is 18.7 Å². The van der Waals surface area contributed by atoms with Crippen molar-refractivity contribution in [3.8, 4) is 0 Å². The molecule has 132 valence electrons. The highest BCUT2D eigenvalue weighted by Gasteiger charge is 2.28. The van der Waals surface area contributed by atoms with Crippen molar-refractivity contribution in [1.82, 2.24) is 4.90 Å². The Balaban J connectivity index is 1.74. The molecular weight excluding hydrogens is 316 g/mol. The van der Waals surface area contributed by atoms with Gasteiger partial charge in [0.05, 0.1) is 12.6 Å². The number of likely N-dealkylation sites (tertiary alicyclic amines) is 1. The molecular formula is C17H23F2N3O2. The number of anilines is 2. The Labute approximate surface area is 140 Å². The van der Waals surface area contributed by atoms with Gasteiger partial charge in [-0.15, -0.1) is 0 Å². The summed E-state index contributed by atoms with van der Waals surface area (Å²) in [6, 6.07) is 1.66. The SMILES string of the molecule is O=C(Nc1cc(F)c(N2CCCCC2)c(F)c1)N1CCC[C@@H]1CO. The third-order valence-corrected chi connectivity index (χ3v) is 4.79. The molecule has 1 aromatic carbocycles. The fourth-order valence-corrected chi connectivity index (χ4v) is 3.55. The lowest BCUT2D eigenvalue weighted by atomic mass is 10.1. The molecule has 2 fully saturated rings. The smallest absolute Gasteiger partial charge is 0.322 e. The summed E-state index contributed by atoms with van der Waals surface area (Å²) < 4.78 is 28.8. The van der Waals surface area contributed by atoms with E-state index in [1.165, 1.54) is 4.90 Å². The lowest BCUT2D eigenvalue weighted by Gasteiger charge is -2.29. The third kappa shape index (κ3) is 3.45. The van der Waals surface area contributed by atoms with Gasteiger partial charge in [0, 0.05) is 25.3 Å². The van der Waals surface area contributed by atoms with Crippen LogP contribution in [-0.2, 0) is 0 Å². The van der Waals surface area contributed by atoms with Gasteiger partial charge < -0.3 is 20.2 Å². The van der Waals surface area contributed by atoms with Crippen molar-refractivity contribution in [3.63, 3.8) is 0 Å². The zero-order valence-corrected chi connectivity index (χ0v) is 13.6. The standard InChI is InChI=1S/C17H23F2N3O2/c18-14-9-12(20-17(24)22-8-4-5-13(22)11-23)10-15(19)16(14)21-6-2-1-3-7-21/h9-10,13,23H,1-8,11H2,(H,20,24)/t13-/m1/s1. The fraction of sp³-hybridized carbons (Fsp3) is 0.588. The molecule has 0 aliphatic carbocycles. The van der Waals surface area contributed by atoms with Crippen molar-refractivity contribution >= 4 is 17.4 Å². The first kappa shape index (κ1) is 17.0. The second-order valence-electron chi connectivity index (χ2n) is 6.44. The van der Waals surface area contributed by atoms with Gasteiger partial charge in [-0.1, -0.05) is 0 Å². The van der Waals surface area contributed by atoms with Crippen LogP contribution in [-0.4, -0.2) is 48.3 Å². The lowest BCUT2D eigenvalue weighted by molar-refractivity contribution is 0.166. The minimum atomic E-state index is -0.660. The lowest BCUT2D eigenvalue weighted by Crippen LogP contribution is -2.40. The second-order valence-corrected chi connectivity index (χ2v) is 6.44. The Morgan fingerprint density at radius 2 is 1.79 bits per heavy atom. The van der Waals surface area contributed by atoms with Crippen LogP contribution in [0, 0.1) is 11.6 Å². The van der Waals surface area contributed by atoms with Gasteiger partial charge in [-0.05, 0) is 44.2 Å². The average Bonchev–Trinajstić information content (AvgIpc) is 3.04. The maximum absolute atomic E-state index is 14.4. The van der Waals surface area contributed by atoms with Crippen LogP contribution in [0.4, 0.5) is 25.0 Å². The summed E-state index contributed by atoms with van der Waals surface area (Å²) in [5.41, 5.74) is 0.0847. The van der Waals surface area contributed by atoms with Gasteiger partial charge in [0.1, 0.15) is 5.69 Å². The molecule has 3 rings (SSSR count). The van der Waals surface area contributed by atoms with Gasteiger partial charge in [-0.3, -0.25) is 0 Å². The quantitative estimate of drug-likeness (QED) is 0.890. The number of carbonyl (C=O) groups excluding carboxylic acids is 1. The van der Waals surface area contributed by atoms with E-state index >= 15 is 0 Å². The van der Waals surface area contributed by atoms with Crippen LogP contribution in [0.2, 0.25) is 0 Å². The highest BCUT2D eigenvalue weighted by molar-refractivity contribution is 5.90. The number of urea groups is 1. The van der Waals surface area contributed by atoms with Crippen LogP contribution in [0.3, 0.4) is 0 Å². The number of aliphatic hydroxyl groups excluding tert-OH is 1. The monoisotopic (exact) mass is 339 g/mol. The van der Waals surface area contributed by atoms with Gasteiger partial charge in [-0.25, -0.2) is 13.6 Å². The topological polar surface area (TPSA) is 55.8 Å². The first-order valence-corrected chi connectivity index (χ1v) is 8.52. The summed E-state index contributed by atoms with van der Waals surface area (Å²) >= 11 is 0. The maximum atomic E-state index is 14.4. The molecule has 0 radical (unpaired) electrons. The van der Waals surface area contributed by atoms with E-state index < -0.39 is 17.7 Å². The Kier molecular flexibility index (Phi) is 5.18. The number of hydrogen-bond donors (Lipinski definition) is 2. The Morgan fingerprint density at radius 3 is 2.42 bits per heavy atom. The zero-order chi connectivity index (χ0) is 17.1. The maximum Gasteiger partial charge on any atom is 0.322 e. The molecule has 2 aliphatic heterocycles. The number of rotatable bonds is 3. The Hall–Kier alpha value is -1.89. The van der Waals surface area contributed by atoms with Crippen LogP contribution in [0.5, 0.6) is 0 Å². The molecule has 7 heteroatoms. The molecule has 2 amide bonds. The summed E-state index contributed by atoms with van der Waals surface area (Å²) in [5.74, 6) is -1.32. The van der Waals surface area contributed by atoms with E-state index in [1.807, 2.05) is 0 Å². The molecule has 0 aromatic heterocycles. The summed E-state index contributed by atoms with van der Waals surface area (Å²) in [5, 5.41) is 11.8. The van der Waals surface area contributed by atoms with Crippen molar-refractivity contribution in [2.24, 2.45) is 0 Å². The molecule has 0 spiro atoms. The number of nitrogens with one attached hydrogen (secondary N) is 1. The Bertz CT molecular complexity index is 582. The van der Waals surface area contributed by atoms with Crippen LogP contribution >= 0.6 is 0 Å². The van der Waals surface area contributed by atoms with Crippen molar-refractivity contribution in [2.75, 3.05) is 36.5 Å². The Morgan fingerprint density at radius 1 is 1.12 bits per heavy atom. The number of piperidine rings is 1. The normalized spacial score (nSPS) is 21.2. The fourth-order valence-electron chi connectivity index (χ4n) is 3.55. The molecule has 2 heterocycles. The largest absolute Gasteiger partial charge is 0.394 e. The number of hydrogen-bond acceptors (Lipinski definition) is 3. The molecule has 2 saturated heterocycles. The first-order chi connectivity index (χ1) is 11.6. The number of halogens is 2. The molecule has 1 aromatic rings. The molecule has 0 bridgehead atoms. The van der Waals surface area contributed by atoms with Crippen LogP contribution in [0.1, 0.15) is 32.1 Å². The van der Waals surface area contributed by atoms with Gasteiger partial charge in [0.2, 0.25) is 0 Å². The molecule has 0 unspecified atom stereocenters. The van der Waals surface area contributed by atoms with Crippen LogP contribution < -0.4 is 10.2 Å². The van der Waals surface area contributed by atoms with Gasteiger partial charge >= 0.3 is 6.03 Å². The first-order valence-electron chi connectivity index (χ1n) is 8.52. The second kappa shape index (κ2) is 7.34. The molecule has 1 atom stereocenters. The summed E-state index contributed by atoms with van der Waals surface area (Å²) in [4.78, 5) is 15.5. The zero-order valence-electron chi connectivity index (χ0n) is 13.6. The van der Waals surface area contributed by atoms with E-state index in [1.54, 1.807) is 4.90 Å². The van der Waals surface area contributed by atoms with E-state index in [0.717, 1.165) is 44.2 Å².